The highest BCUT2D eigenvalue weighted by Crippen LogP contribution is 2.18. The summed E-state index contributed by atoms with van der Waals surface area (Å²) in [6.45, 7) is 7.00. The molecule has 2 heteroatoms. The Morgan fingerprint density at radius 3 is 2.00 bits per heavy atom. The molecular formula is C17H34O2. The molecule has 19 heavy (non-hydrogen) atoms. The molecular weight excluding hydrogens is 236 g/mol. The third-order valence-corrected chi connectivity index (χ3v) is 3.79. The lowest BCUT2D eigenvalue weighted by molar-refractivity contribution is -0.140. The predicted molar refractivity (Wildman–Crippen MR) is 82.2 cm³/mol. The van der Waals surface area contributed by atoms with Gasteiger partial charge in [-0.1, -0.05) is 72.1 Å². The van der Waals surface area contributed by atoms with Gasteiger partial charge in [-0.2, -0.15) is 0 Å². The van der Waals surface area contributed by atoms with E-state index >= 15 is 0 Å². The smallest absolute Gasteiger partial charge is 0.305 e. The van der Waals surface area contributed by atoms with Crippen LogP contribution < -0.4 is 0 Å². The minimum atomic E-state index is -0.0704. The minimum Gasteiger partial charge on any atom is -0.469 e. The summed E-state index contributed by atoms with van der Waals surface area (Å²) in [6, 6.07) is 0. The number of ether oxygens (including phenoxy) is 1. The lowest BCUT2D eigenvalue weighted by Gasteiger charge is -2.12. The van der Waals surface area contributed by atoms with Crippen molar-refractivity contribution in [2.75, 3.05) is 7.11 Å². The zero-order valence-electron chi connectivity index (χ0n) is 13.5. The van der Waals surface area contributed by atoms with Crippen LogP contribution in [0.25, 0.3) is 0 Å². The fourth-order valence-corrected chi connectivity index (χ4v) is 2.33. The summed E-state index contributed by atoms with van der Waals surface area (Å²) in [5.74, 6) is 1.66. The maximum Gasteiger partial charge on any atom is 0.305 e. The van der Waals surface area contributed by atoms with Gasteiger partial charge in [0.15, 0.2) is 0 Å². The quantitative estimate of drug-likeness (QED) is 0.353. The molecule has 0 aromatic rings. The van der Waals surface area contributed by atoms with Gasteiger partial charge < -0.3 is 4.74 Å². The van der Waals surface area contributed by atoms with Gasteiger partial charge in [-0.25, -0.2) is 0 Å². The van der Waals surface area contributed by atoms with Crippen molar-refractivity contribution in [2.45, 2.75) is 85.0 Å². The highest BCUT2D eigenvalue weighted by atomic mass is 16.5. The second-order valence-corrected chi connectivity index (χ2v) is 6.31. The normalized spacial score (nSPS) is 12.7. The Morgan fingerprint density at radius 1 is 0.842 bits per heavy atom. The molecule has 114 valence electrons. The number of unbranched alkanes of at least 4 members (excludes halogenated alkanes) is 5. The van der Waals surface area contributed by atoms with Gasteiger partial charge >= 0.3 is 5.97 Å². The van der Waals surface area contributed by atoms with Gasteiger partial charge in [0, 0.05) is 6.42 Å². The molecule has 2 nitrogen and oxygen atoms in total. The van der Waals surface area contributed by atoms with Crippen LogP contribution in [-0.2, 0) is 9.53 Å². The summed E-state index contributed by atoms with van der Waals surface area (Å²) in [7, 11) is 1.46. The molecule has 1 unspecified atom stereocenters. The van der Waals surface area contributed by atoms with Gasteiger partial charge in [0.1, 0.15) is 0 Å². The third kappa shape index (κ3) is 13.7. The van der Waals surface area contributed by atoms with Crippen LogP contribution in [-0.4, -0.2) is 13.1 Å². The maximum absolute atomic E-state index is 10.9. The van der Waals surface area contributed by atoms with E-state index in [1.807, 2.05) is 0 Å². The second-order valence-electron chi connectivity index (χ2n) is 6.31. The molecule has 0 rings (SSSR count). The Labute approximate surface area is 120 Å². The number of rotatable bonds is 12. The fourth-order valence-electron chi connectivity index (χ4n) is 2.33. The first kappa shape index (κ1) is 18.5. The van der Waals surface area contributed by atoms with Gasteiger partial charge in [-0.15, -0.1) is 0 Å². The zero-order valence-corrected chi connectivity index (χ0v) is 13.5. The molecule has 0 bridgehead atoms. The first-order chi connectivity index (χ1) is 9.06. The number of hydrogen-bond donors (Lipinski definition) is 0. The molecule has 0 saturated carbocycles. The standard InChI is InChI=1S/C17H34O2/c1-15(2)13-14-16(3)11-9-7-5-6-8-10-12-17(18)19-4/h15-16H,5-14H2,1-4H3. The first-order valence-electron chi connectivity index (χ1n) is 8.13. The van der Waals surface area contributed by atoms with E-state index in [9.17, 15) is 4.79 Å². The van der Waals surface area contributed by atoms with Gasteiger partial charge in [-0.3, -0.25) is 4.79 Å². The number of esters is 1. The van der Waals surface area contributed by atoms with Crippen LogP contribution in [0.15, 0.2) is 0 Å². The van der Waals surface area contributed by atoms with Crippen molar-refractivity contribution in [3.05, 3.63) is 0 Å². The van der Waals surface area contributed by atoms with Gasteiger partial charge in [0.25, 0.3) is 0 Å². The van der Waals surface area contributed by atoms with E-state index < -0.39 is 0 Å². The lowest BCUT2D eigenvalue weighted by Crippen LogP contribution is -1.99. The largest absolute Gasteiger partial charge is 0.469 e. The average molecular weight is 270 g/mol. The minimum absolute atomic E-state index is 0.0704. The summed E-state index contributed by atoms with van der Waals surface area (Å²) in [4.78, 5) is 10.9. The monoisotopic (exact) mass is 270 g/mol. The van der Waals surface area contributed by atoms with E-state index in [1.54, 1.807) is 0 Å². The molecule has 0 amide bonds. The Hall–Kier alpha value is -0.530. The summed E-state index contributed by atoms with van der Waals surface area (Å²) in [5.41, 5.74) is 0. The summed E-state index contributed by atoms with van der Waals surface area (Å²) < 4.78 is 4.62. The molecule has 0 aliphatic carbocycles. The first-order valence-corrected chi connectivity index (χ1v) is 8.13. The van der Waals surface area contributed by atoms with Crippen molar-refractivity contribution in [1.29, 1.82) is 0 Å². The van der Waals surface area contributed by atoms with Crippen molar-refractivity contribution in [3.8, 4) is 0 Å². The van der Waals surface area contributed by atoms with Gasteiger partial charge in [0.05, 0.1) is 7.11 Å². The number of carbonyl (C=O) groups excluding carboxylic acids is 1. The highest BCUT2D eigenvalue weighted by molar-refractivity contribution is 5.68. The van der Waals surface area contributed by atoms with E-state index in [0.29, 0.717) is 6.42 Å². The van der Waals surface area contributed by atoms with Crippen molar-refractivity contribution >= 4 is 5.97 Å². The molecule has 0 heterocycles. The Bertz CT molecular complexity index is 211. The molecule has 0 radical (unpaired) electrons. The Morgan fingerprint density at radius 2 is 1.42 bits per heavy atom. The molecule has 0 aromatic heterocycles. The van der Waals surface area contributed by atoms with Crippen molar-refractivity contribution in [1.82, 2.24) is 0 Å². The van der Waals surface area contributed by atoms with Crippen LogP contribution >= 0.6 is 0 Å². The predicted octanol–water partition coefficient (Wildman–Crippen LogP) is 5.35. The zero-order chi connectivity index (χ0) is 14.5. The van der Waals surface area contributed by atoms with Crippen molar-refractivity contribution in [3.63, 3.8) is 0 Å². The van der Waals surface area contributed by atoms with E-state index in [0.717, 1.165) is 24.7 Å². The van der Waals surface area contributed by atoms with E-state index in [4.69, 9.17) is 0 Å². The Kier molecular flexibility index (Phi) is 12.2. The van der Waals surface area contributed by atoms with Crippen molar-refractivity contribution in [2.24, 2.45) is 11.8 Å². The topological polar surface area (TPSA) is 26.3 Å². The molecule has 0 aliphatic rings. The number of methoxy groups -OCH3 is 1. The lowest BCUT2D eigenvalue weighted by atomic mass is 9.94. The van der Waals surface area contributed by atoms with Crippen LogP contribution in [0.5, 0.6) is 0 Å². The van der Waals surface area contributed by atoms with Crippen LogP contribution in [0.3, 0.4) is 0 Å². The summed E-state index contributed by atoms with van der Waals surface area (Å²) >= 11 is 0. The van der Waals surface area contributed by atoms with Gasteiger partial charge in [-0.05, 0) is 18.3 Å². The molecule has 0 fully saturated rings. The average Bonchev–Trinajstić information content (AvgIpc) is 2.38. The molecule has 0 spiro atoms. The molecule has 0 aliphatic heterocycles. The van der Waals surface area contributed by atoms with Crippen LogP contribution in [0.4, 0.5) is 0 Å². The maximum atomic E-state index is 10.9. The second kappa shape index (κ2) is 12.5. The summed E-state index contributed by atoms with van der Waals surface area (Å²) in [6.07, 6.45) is 12.2. The molecule has 0 saturated heterocycles. The Balaban J connectivity index is 3.20. The van der Waals surface area contributed by atoms with E-state index in [1.165, 1.54) is 52.1 Å². The number of carbonyl (C=O) groups is 1. The molecule has 0 aromatic carbocycles. The number of hydrogen-bond acceptors (Lipinski definition) is 2. The highest BCUT2D eigenvalue weighted by Gasteiger charge is 2.04. The fraction of sp³-hybridized carbons (Fsp3) is 0.941. The third-order valence-electron chi connectivity index (χ3n) is 3.79. The van der Waals surface area contributed by atoms with E-state index in [-0.39, 0.29) is 5.97 Å². The van der Waals surface area contributed by atoms with Gasteiger partial charge in [0.2, 0.25) is 0 Å². The summed E-state index contributed by atoms with van der Waals surface area (Å²) in [5, 5.41) is 0. The molecule has 1 atom stereocenters. The van der Waals surface area contributed by atoms with Crippen LogP contribution in [0.2, 0.25) is 0 Å². The molecule has 0 N–H and O–H groups in total. The van der Waals surface area contributed by atoms with Crippen LogP contribution in [0.1, 0.15) is 85.0 Å². The van der Waals surface area contributed by atoms with E-state index in [2.05, 4.69) is 25.5 Å². The SMILES string of the molecule is COC(=O)CCCCCCCCC(C)CCC(C)C. The van der Waals surface area contributed by atoms with Crippen molar-refractivity contribution < 1.29 is 9.53 Å². The van der Waals surface area contributed by atoms with Crippen LogP contribution in [0, 0.1) is 11.8 Å².